The van der Waals surface area contributed by atoms with Crippen molar-refractivity contribution >= 4 is 34.4 Å². The molecule has 6 heteroatoms. The molecule has 3 rings (SSSR count). The van der Waals surface area contributed by atoms with E-state index in [0.29, 0.717) is 36.8 Å². The third-order valence-electron chi connectivity index (χ3n) is 4.50. The summed E-state index contributed by atoms with van der Waals surface area (Å²) >= 11 is 1.55. The minimum atomic E-state index is -0.229. The van der Waals surface area contributed by atoms with E-state index >= 15 is 0 Å². The molecule has 26 heavy (non-hydrogen) atoms. The molecule has 2 aromatic carbocycles. The fraction of sp³-hybridized carbons (Fsp3) is 0.400. The zero-order chi connectivity index (χ0) is 18.5. The molecule has 1 aliphatic heterocycles. The Labute approximate surface area is 157 Å². The van der Waals surface area contributed by atoms with E-state index in [1.54, 1.807) is 11.8 Å². The highest BCUT2D eigenvalue weighted by atomic mass is 32.2. The molecule has 1 atom stereocenters. The number of carbonyl (C=O) groups excluding carboxylic acids is 2. The average molecular weight is 373 g/mol. The quantitative estimate of drug-likeness (QED) is 0.727. The van der Waals surface area contributed by atoms with Gasteiger partial charge in [-0.1, -0.05) is 30.3 Å². The number of nitrogens with zero attached hydrogens (tertiary/aromatic N) is 1. The molecule has 1 unspecified atom stereocenters. The molecule has 1 heterocycles. The van der Waals surface area contributed by atoms with E-state index in [4.69, 9.17) is 4.74 Å². The van der Waals surface area contributed by atoms with Crippen molar-refractivity contribution in [2.24, 2.45) is 0 Å². The molecule has 0 N–H and O–H groups in total. The summed E-state index contributed by atoms with van der Waals surface area (Å²) in [6, 6.07) is 11.7. The van der Waals surface area contributed by atoms with E-state index < -0.39 is 0 Å². The minimum Gasteiger partial charge on any atom is -0.493 e. The van der Waals surface area contributed by atoms with Crippen molar-refractivity contribution < 1.29 is 19.1 Å². The highest BCUT2D eigenvalue weighted by Gasteiger charge is 2.30. The molecule has 1 fully saturated rings. The van der Waals surface area contributed by atoms with E-state index in [1.807, 2.05) is 48.2 Å². The Morgan fingerprint density at radius 3 is 2.81 bits per heavy atom. The van der Waals surface area contributed by atoms with Gasteiger partial charge in [0, 0.05) is 18.3 Å². The summed E-state index contributed by atoms with van der Waals surface area (Å²) < 4.78 is 10.4. The molecule has 0 saturated carbocycles. The monoisotopic (exact) mass is 373 g/mol. The number of methoxy groups -OCH3 is 1. The normalized spacial score (nSPS) is 16.7. The zero-order valence-electron chi connectivity index (χ0n) is 15.1. The van der Waals surface area contributed by atoms with E-state index in [1.165, 1.54) is 7.11 Å². The smallest absolute Gasteiger partial charge is 0.315 e. The first kappa shape index (κ1) is 18.6. The lowest BCUT2D eigenvalue weighted by atomic mass is 10.0. The van der Waals surface area contributed by atoms with Crippen LogP contribution in [0.5, 0.6) is 5.75 Å². The molecule has 5 nitrogen and oxygen atoms in total. The molecule has 0 bridgehead atoms. The molecule has 0 aromatic heterocycles. The van der Waals surface area contributed by atoms with Gasteiger partial charge in [0.1, 0.15) is 5.75 Å². The number of hydrogen-bond acceptors (Lipinski definition) is 5. The van der Waals surface area contributed by atoms with Crippen LogP contribution in [0.1, 0.15) is 23.7 Å². The van der Waals surface area contributed by atoms with Crippen LogP contribution in [0.2, 0.25) is 0 Å². The predicted molar refractivity (Wildman–Crippen MR) is 104 cm³/mol. The van der Waals surface area contributed by atoms with Crippen LogP contribution >= 0.6 is 11.8 Å². The lowest BCUT2D eigenvalue weighted by Gasteiger charge is -2.20. The first-order valence-electron chi connectivity index (χ1n) is 8.76. The van der Waals surface area contributed by atoms with Crippen LogP contribution in [0, 0.1) is 0 Å². The van der Waals surface area contributed by atoms with Gasteiger partial charge in [-0.05, 0) is 30.2 Å². The summed E-state index contributed by atoms with van der Waals surface area (Å²) in [6.45, 7) is 3.75. The van der Waals surface area contributed by atoms with Gasteiger partial charge in [0.2, 0.25) is 0 Å². The molecule has 0 radical (unpaired) electrons. The topological polar surface area (TPSA) is 55.8 Å². The van der Waals surface area contributed by atoms with E-state index in [2.05, 4.69) is 4.74 Å². The number of fused-ring (bicyclic) bond motifs is 1. The highest BCUT2D eigenvalue weighted by Crippen LogP contribution is 2.32. The van der Waals surface area contributed by atoms with Crippen LogP contribution in [0.4, 0.5) is 0 Å². The molecule has 1 aliphatic rings. The van der Waals surface area contributed by atoms with Crippen molar-refractivity contribution in [3.8, 4) is 5.75 Å². The van der Waals surface area contributed by atoms with Gasteiger partial charge in [0.25, 0.3) is 5.91 Å². The Morgan fingerprint density at radius 1 is 1.23 bits per heavy atom. The van der Waals surface area contributed by atoms with Crippen LogP contribution in [0.25, 0.3) is 10.8 Å². The molecule has 1 saturated heterocycles. The number of thioether (sulfide) groups is 1. The molecule has 138 valence electrons. The number of benzene rings is 2. The van der Waals surface area contributed by atoms with Gasteiger partial charge < -0.3 is 14.4 Å². The van der Waals surface area contributed by atoms with E-state index in [-0.39, 0.29) is 17.1 Å². The fourth-order valence-corrected chi connectivity index (χ4v) is 4.25. The first-order chi connectivity index (χ1) is 12.6. The Hall–Kier alpha value is -2.21. The third-order valence-corrected chi connectivity index (χ3v) is 5.76. The summed E-state index contributed by atoms with van der Waals surface area (Å²) in [4.78, 5) is 26.4. The second-order valence-corrected chi connectivity index (χ2v) is 7.43. The summed E-state index contributed by atoms with van der Waals surface area (Å²) in [6.07, 6.45) is 0.877. The first-order valence-corrected chi connectivity index (χ1v) is 9.81. The zero-order valence-corrected chi connectivity index (χ0v) is 15.9. The van der Waals surface area contributed by atoms with Gasteiger partial charge in [-0.25, -0.2) is 0 Å². The van der Waals surface area contributed by atoms with Crippen LogP contribution in [0.3, 0.4) is 0 Å². The summed E-state index contributed by atoms with van der Waals surface area (Å²) in [7, 11) is 1.39. The van der Waals surface area contributed by atoms with Gasteiger partial charge in [-0.15, -0.1) is 11.8 Å². The van der Waals surface area contributed by atoms with Crippen LogP contribution in [-0.4, -0.2) is 54.6 Å². The maximum atomic E-state index is 13.2. The van der Waals surface area contributed by atoms with Crippen molar-refractivity contribution in [3.05, 3.63) is 42.0 Å². The number of esters is 1. The average Bonchev–Trinajstić information content (AvgIpc) is 3.14. The summed E-state index contributed by atoms with van der Waals surface area (Å²) in [5.74, 6) is 0.711. The fourth-order valence-electron chi connectivity index (χ4n) is 3.20. The van der Waals surface area contributed by atoms with Crippen molar-refractivity contribution in [3.63, 3.8) is 0 Å². The predicted octanol–water partition coefficient (Wildman–Crippen LogP) is 3.36. The maximum Gasteiger partial charge on any atom is 0.315 e. The Kier molecular flexibility index (Phi) is 6.04. The van der Waals surface area contributed by atoms with Crippen molar-refractivity contribution in [1.82, 2.24) is 4.90 Å². The Balaban J connectivity index is 1.81. The molecule has 0 aliphatic carbocycles. The lowest BCUT2D eigenvalue weighted by Crippen LogP contribution is -2.30. The Bertz CT molecular complexity index is 807. The Morgan fingerprint density at radius 2 is 2.04 bits per heavy atom. The molecule has 2 aromatic rings. The van der Waals surface area contributed by atoms with Crippen LogP contribution in [0.15, 0.2) is 36.4 Å². The minimum absolute atomic E-state index is 0.00795. The second-order valence-electron chi connectivity index (χ2n) is 6.14. The van der Waals surface area contributed by atoms with Gasteiger partial charge in [-0.2, -0.15) is 0 Å². The lowest BCUT2D eigenvalue weighted by molar-refractivity contribution is -0.137. The largest absolute Gasteiger partial charge is 0.493 e. The second kappa shape index (κ2) is 8.45. The molecule has 1 amide bonds. The van der Waals surface area contributed by atoms with Gasteiger partial charge in [0.05, 0.1) is 25.0 Å². The summed E-state index contributed by atoms with van der Waals surface area (Å²) in [5.41, 5.74) is 0.628. The van der Waals surface area contributed by atoms with Gasteiger partial charge in [-0.3, -0.25) is 9.59 Å². The molecular formula is C20H23NO4S. The number of ether oxygens (including phenoxy) is 2. The number of hydrogen-bond donors (Lipinski definition) is 0. The standard InChI is InChI=1S/C20H23NO4S/c1-3-25-17-9-8-14-6-4-5-7-16(14)19(17)20(23)21-11-10-15(12-21)26-13-18(22)24-2/h4-9,15H,3,10-13H2,1-2H3. The molecule has 0 spiro atoms. The van der Waals surface area contributed by atoms with Gasteiger partial charge >= 0.3 is 5.97 Å². The third kappa shape index (κ3) is 3.96. The maximum absolute atomic E-state index is 13.2. The van der Waals surface area contributed by atoms with Crippen molar-refractivity contribution in [2.75, 3.05) is 32.6 Å². The number of amides is 1. The van der Waals surface area contributed by atoms with E-state index in [0.717, 1.165) is 17.2 Å². The number of carbonyl (C=O) groups is 2. The SMILES string of the molecule is CCOc1ccc2ccccc2c1C(=O)N1CCC(SCC(=O)OC)C1. The number of rotatable bonds is 6. The van der Waals surface area contributed by atoms with Crippen molar-refractivity contribution in [2.45, 2.75) is 18.6 Å². The molecular weight excluding hydrogens is 350 g/mol. The van der Waals surface area contributed by atoms with Crippen LogP contribution < -0.4 is 4.74 Å². The van der Waals surface area contributed by atoms with Crippen LogP contribution in [-0.2, 0) is 9.53 Å². The van der Waals surface area contributed by atoms with E-state index in [9.17, 15) is 9.59 Å². The summed E-state index contributed by atoms with van der Waals surface area (Å²) in [5, 5.41) is 2.19. The highest BCUT2D eigenvalue weighted by molar-refractivity contribution is 8.00. The van der Waals surface area contributed by atoms with Gasteiger partial charge in [0.15, 0.2) is 0 Å². The van der Waals surface area contributed by atoms with Crippen molar-refractivity contribution in [1.29, 1.82) is 0 Å². The number of likely N-dealkylation sites (tertiary alicyclic amines) is 1.